The van der Waals surface area contributed by atoms with Crippen molar-refractivity contribution in [3.63, 3.8) is 0 Å². The van der Waals surface area contributed by atoms with Crippen molar-refractivity contribution in [2.24, 2.45) is 0 Å². The highest BCUT2D eigenvalue weighted by atomic mass is 19.1. The molecule has 2 nitrogen and oxygen atoms in total. The average Bonchev–Trinajstić information content (AvgIpc) is 2.12. The van der Waals surface area contributed by atoms with Gasteiger partial charge in [0.15, 0.2) is 0 Å². The van der Waals surface area contributed by atoms with Gasteiger partial charge in [0.05, 0.1) is 5.56 Å². The summed E-state index contributed by atoms with van der Waals surface area (Å²) in [6, 6.07) is 3.11. The number of aliphatic hydroxyl groups is 1. The molecule has 80 valence electrons. The number of hydrogen-bond acceptors (Lipinski definition) is 2. The Bertz CT molecular complexity index is 435. The first kappa shape index (κ1) is 11.5. The maximum absolute atomic E-state index is 13.6. The smallest absolute Gasteiger partial charge is 0.143 e. The molecule has 0 heterocycles. The van der Waals surface area contributed by atoms with Crippen LogP contribution in [0.3, 0.4) is 0 Å². The Kier molecular flexibility index (Phi) is 3.01. The van der Waals surface area contributed by atoms with Crippen LogP contribution in [0.2, 0.25) is 0 Å². The monoisotopic (exact) mass is 207 g/mol. The van der Waals surface area contributed by atoms with Crippen LogP contribution in [0, 0.1) is 24.6 Å². The van der Waals surface area contributed by atoms with Crippen LogP contribution in [0.4, 0.5) is 10.1 Å². The van der Waals surface area contributed by atoms with E-state index < -0.39 is 11.4 Å². The van der Waals surface area contributed by atoms with Gasteiger partial charge in [-0.2, -0.15) is 0 Å². The van der Waals surface area contributed by atoms with Gasteiger partial charge in [0.25, 0.3) is 0 Å². The Morgan fingerprint density at radius 1 is 1.40 bits per heavy atom. The van der Waals surface area contributed by atoms with Crippen LogP contribution >= 0.6 is 0 Å². The van der Waals surface area contributed by atoms with E-state index in [4.69, 9.17) is 5.73 Å². The highest BCUT2D eigenvalue weighted by Crippen LogP contribution is 2.17. The average molecular weight is 207 g/mol. The molecule has 0 bridgehead atoms. The van der Waals surface area contributed by atoms with Gasteiger partial charge in [-0.15, -0.1) is 0 Å². The Balaban J connectivity index is 3.17. The van der Waals surface area contributed by atoms with E-state index in [1.807, 2.05) is 0 Å². The van der Waals surface area contributed by atoms with Crippen molar-refractivity contribution in [3.8, 4) is 11.8 Å². The second-order valence-corrected chi connectivity index (χ2v) is 3.95. The van der Waals surface area contributed by atoms with Crippen LogP contribution < -0.4 is 5.73 Å². The summed E-state index contributed by atoms with van der Waals surface area (Å²) < 4.78 is 13.6. The molecule has 15 heavy (non-hydrogen) atoms. The summed E-state index contributed by atoms with van der Waals surface area (Å²) in [5.41, 5.74) is 5.45. The summed E-state index contributed by atoms with van der Waals surface area (Å²) >= 11 is 0. The van der Waals surface area contributed by atoms with Crippen LogP contribution in [0.5, 0.6) is 0 Å². The second-order valence-electron chi connectivity index (χ2n) is 3.95. The van der Waals surface area contributed by atoms with Gasteiger partial charge in [-0.1, -0.05) is 11.8 Å². The normalized spacial score (nSPS) is 10.7. The molecule has 0 atom stereocenters. The predicted octanol–water partition coefficient (Wildman–Crippen LogP) is 1.84. The van der Waals surface area contributed by atoms with Crippen molar-refractivity contribution in [1.29, 1.82) is 0 Å². The summed E-state index contributed by atoms with van der Waals surface area (Å²) in [4.78, 5) is 0. The number of anilines is 1. The van der Waals surface area contributed by atoms with E-state index in [9.17, 15) is 9.50 Å². The van der Waals surface area contributed by atoms with Crippen molar-refractivity contribution in [2.75, 3.05) is 5.73 Å². The molecule has 3 N–H and O–H groups in total. The SMILES string of the molecule is Cc1c(N)ccc(C#CC(C)(C)O)c1F. The molecule has 0 fully saturated rings. The minimum Gasteiger partial charge on any atom is -0.398 e. The lowest BCUT2D eigenvalue weighted by Crippen LogP contribution is -2.14. The lowest BCUT2D eigenvalue weighted by molar-refractivity contribution is 0.143. The van der Waals surface area contributed by atoms with Crippen molar-refractivity contribution in [3.05, 3.63) is 29.1 Å². The molecule has 0 aromatic heterocycles. The highest BCUT2D eigenvalue weighted by molar-refractivity contribution is 5.52. The van der Waals surface area contributed by atoms with Gasteiger partial charge in [0.2, 0.25) is 0 Å². The number of benzene rings is 1. The van der Waals surface area contributed by atoms with E-state index in [0.29, 0.717) is 11.3 Å². The molecule has 1 aromatic rings. The van der Waals surface area contributed by atoms with Gasteiger partial charge in [0.1, 0.15) is 11.4 Å². The molecule has 0 amide bonds. The molecule has 3 heteroatoms. The molecular weight excluding hydrogens is 193 g/mol. The molecule has 0 saturated carbocycles. The molecule has 0 unspecified atom stereocenters. The number of nitrogen functional groups attached to an aromatic ring is 1. The Hall–Kier alpha value is -1.53. The highest BCUT2D eigenvalue weighted by Gasteiger charge is 2.08. The number of rotatable bonds is 0. The topological polar surface area (TPSA) is 46.2 Å². The summed E-state index contributed by atoms with van der Waals surface area (Å²) in [6.07, 6.45) is 0. The maximum Gasteiger partial charge on any atom is 0.143 e. The minimum absolute atomic E-state index is 0.254. The lowest BCUT2D eigenvalue weighted by atomic mass is 10.1. The third-order valence-corrected chi connectivity index (χ3v) is 1.93. The van der Waals surface area contributed by atoms with Crippen molar-refractivity contribution in [1.82, 2.24) is 0 Å². The van der Waals surface area contributed by atoms with Gasteiger partial charge in [0, 0.05) is 11.3 Å². The molecule has 0 saturated heterocycles. The van der Waals surface area contributed by atoms with Crippen molar-refractivity contribution < 1.29 is 9.50 Å². The van der Waals surface area contributed by atoms with E-state index in [1.165, 1.54) is 6.07 Å². The third-order valence-electron chi connectivity index (χ3n) is 1.93. The molecule has 0 aliphatic carbocycles. The first-order chi connectivity index (χ1) is 6.81. The fraction of sp³-hybridized carbons (Fsp3) is 0.333. The molecule has 1 aromatic carbocycles. The Morgan fingerprint density at radius 3 is 2.53 bits per heavy atom. The van der Waals surface area contributed by atoms with E-state index in [-0.39, 0.29) is 5.56 Å². The third kappa shape index (κ3) is 2.97. The minimum atomic E-state index is -1.12. The van der Waals surface area contributed by atoms with E-state index in [1.54, 1.807) is 26.8 Å². The Morgan fingerprint density at radius 2 is 2.00 bits per heavy atom. The van der Waals surface area contributed by atoms with Gasteiger partial charge >= 0.3 is 0 Å². The van der Waals surface area contributed by atoms with E-state index in [0.717, 1.165) is 0 Å². The standard InChI is InChI=1S/C12H14FNO/c1-8-10(14)5-4-9(11(8)13)6-7-12(2,3)15/h4-5,15H,14H2,1-3H3. The summed E-state index contributed by atoms with van der Waals surface area (Å²) in [5.74, 6) is 4.72. The number of hydrogen-bond donors (Lipinski definition) is 2. The van der Waals surface area contributed by atoms with Gasteiger partial charge in [-0.25, -0.2) is 4.39 Å². The predicted molar refractivity (Wildman–Crippen MR) is 58.7 cm³/mol. The van der Waals surface area contributed by atoms with Gasteiger partial charge < -0.3 is 10.8 Å². The first-order valence-corrected chi connectivity index (χ1v) is 4.61. The maximum atomic E-state index is 13.6. The van der Waals surface area contributed by atoms with E-state index in [2.05, 4.69) is 11.8 Å². The molecular formula is C12H14FNO. The zero-order chi connectivity index (χ0) is 11.6. The zero-order valence-electron chi connectivity index (χ0n) is 9.06. The van der Waals surface area contributed by atoms with Crippen LogP contribution in [0.15, 0.2) is 12.1 Å². The Labute approximate surface area is 88.9 Å². The fourth-order valence-electron chi connectivity index (χ4n) is 1.02. The lowest BCUT2D eigenvalue weighted by Gasteiger charge is -2.07. The molecule has 0 aliphatic heterocycles. The number of halogens is 1. The fourth-order valence-corrected chi connectivity index (χ4v) is 1.02. The van der Waals surface area contributed by atoms with E-state index >= 15 is 0 Å². The summed E-state index contributed by atoms with van der Waals surface area (Å²) in [6.45, 7) is 4.68. The van der Waals surface area contributed by atoms with Crippen LogP contribution in [0.1, 0.15) is 25.0 Å². The van der Waals surface area contributed by atoms with Crippen LogP contribution in [-0.2, 0) is 0 Å². The van der Waals surface area contributed by atoms with Crippen molar-refractivity contribution >= 4 is 5.69 Å². The van der Waals surface area contributed by atoms with Crippen LogP contribution in [-0.4, -0.2) is 10.7 Å². The van der Waals surface area contributed by atoms with Gasteiger partial charge in [-0.3, -0.25) is 0 Å². The molecule has 0 radical (unpaired) electrons. The first-order valence-electron chi connectivity index (χ1n) is 4.61. The van der Waals surface area contributed by atoms with Crippen LogP contribution in [0.25, 0.3) is 0 Å². The van der Waals surface area contributed by atoms with Gasteiger partial charge in [-0.05, 0) is 32.9 Å². The quantitative estimate of drug-likeness (QED) is 0.503. The second kappa shape index (κ2) is 3.92. The molecule has 0 aliphatic rings. The molecule has 1 rings (SSSR count). The summed E-state index contributed by atoms with van der Waals surface area (Å²) in [5, 5.41) is 9.37. The summed E-state index contributed by atoms with van der Waals surface area (Å²) in [7, 11) is 0. The zero-order valence-corrected chi connectivity index (χ0v) is 9.06. The van der Waals surface area contributed by atoms with Crippen molar-refractivity contribution in [2.45, 2.75) is 26.4 Å². The largest absolute Gasteiger partial charge is 0.398 e. The molecule has 0 spiro atoms. The number of nitrogens with two attached hydrogens (primary N) is 1.